The van der Waals surface area contributed by atoms with Crippen molar-refractivity contribution < 1.29 is 9.72 Å². The Kier molecular flexibility index (Phi) is 5.09. The molecular formula is C15H20N2O3. The molecule has 1 aromatic carbocycles. The smallest absolute Gasteiger partial charge is 0.293 e. The van der Waals surface area contributed by atoms with Crippen molar-refractivity contribution in [1.29, 1.82) is 0 Å². The third kappa shape index (κ3) is 3.79. The fourth-order valence-electron chi connectivity index (χ4n) is 2.84. The Balaban J connectivity index is 1.87. The summed E-state index contributed by atoms with van der Waals surface area (Å²) >= 11 is 0. The van der Waals surface area contributed by atoms with Crippen molar-refractivity contribution in [3.8, 4) is 0 Å². The van der Waals surface area contributed by atoms with Gasteiger partial charge in [-0.3, -0.25) is 14.9 Å². The zero-order chi connectivity index (χ0) is 14.4. The molecule has 1 aromatic rings. The summed E-state index contributed by atoms with van der Waals surface area (Å²) in [6.07, 6.45) is 8.18. The summed E-state index contributed by atoms with van der Waals surface area (Å²) in [5, 5.41) is 14.1. The normalized spacial score (nSPS) is 15.2. The van der Waals surface area contributed by atoms with E-state index in [-0.39, 0.29) is 5.69 Å². The van der Waals surface area contributed by atoms with Gasteiger partial charge in [-0.15, -0.1) is 0 Å². The van der Waals surface area contributed by atoms with Gasteiger partial charge in [-0.05, 0) is 30.9 Å². The molecule has 1 saturated carbocycles. The summed E-state index contributed by atoms with van der Waals surface area (Å²) in [4.78, 5) is 21.2. The van der Waals surface area contributed by atoms with Crippen LogP contribution in [0.1, 0.15) is 48.9 Å². The largest absolute Gasteiger partial charge is 0.379 e. The van der Waals surface area contributed by atoms with Crippen LogP contribution < -0.4 is 5.32 Å². The number of nitro benzene ring substituents is 1. The highest BCUT2D eigenvalue weighted by Crippen LogP contribution is 2.29. The number of nitro groups is 1. The highest BCUT2D eigenvalue weighted by molar-refractivity contribution is 5.79. The van der Waals surface area contributed by atoms with Gasteiger partial charge in [0.2, 0.25) is 0 Å². The molecular weight excluding hydrogens is 256 g/mol. The maximum absolute atomic E-state index is 11.0. The Morgan fingerprint density at radius 3 is 2.75 bits per heavy atom. The van der Waals surface area contributed by atoms with Gasteiger partial charge in [-0.1, -0.05) is 25.7 Å². The summed E-state index contributed by atoms with van der Waals surface area (Å²) in [5.41, 5.74) is 0.788. The summed E-state index contributed by atoms with van der Waals surface area (Å²) in [6, 6.07) is 4.52. The van der Waals surface area contributed by atoms with E-state index >= 15 is 0 Å². The molecule has 0 aliphatic heterocycles. The van der Waals surface area contributed by atoms with Crippen LogP contribution in [0.5, 0.6) is 0 Å². The summed E-state index contributed by atoms with van der Waals surface area (Å²) < 4.78 is 0. The molecule has 0 aromatic heterocycles. The molecule has 5 heteroatoms. The predicted molar refractivity (Wildman–Crippen MR) is 78.2 cm³/mol. The lowest BCUT2D eigenvalue weighted by Crippen LogP contribution is -2.06. The summed E-state index contributed by atoms with van der Waals surface area (Å²) in [5.74, 6) is 0.837. The molecule has 0 spiro atoms. The molecule has 0 atom stereocenters. The highest BCUT2D eigenvalue weighted by atomic mass is 16.6. The van der Waals surface area contributed by atoms with Gasteiger partial charge >= 0.3 is 0 Å². The van der Waals surface area contributed by atoms with Crippen LogP contribution in [-0.4, -0.2) is 17.8 Å². The van der Waals surface area contributed by atoms with Crippen LogP contribution in [0.4, 0.5) is 11.4 Å². The minimum Gasteiger partial charge on any atom is -0.379 e. The predicted octanol–water partition coefficient (Wildman–Crippen LogP) is 3.79. The van der Waals surface area contributed by atoms with Crippen LogP contribution in [0.2, 0.25) is 0 Å². The van der Waals surface area contributed by atoms with Crippen molar-refractivity contribution >= 4 is 17.7 Å². The molecule has 20 heavy (non-hydrogen) atoms. The quantitative estimate of drug-likeness (QED) is 0.356. The van der Waals surface area contributed by atoms with Gasteiger partial charge in [0.15, 0.2) is 0 Å². The number of benzene rings is 1. The molecule has 2 rings (SSSR count). The number of nitrogens with zero attached hydrogens (tertiary/aromatic N) is 1. The molecule has 0 amide bonds. The van der Waals surface area contributed by atoms with Crippen LogP contribution in [0.25, 0.3) is 0 Å². The standard InChI is InChI=1S/C15H20N2O3/c18-11-13-7-8-14(15(10-13)17(19)20)16-9-3-6-12-4-1-2-5-12/h7-8,10-12,16H,1-6,9H2. The Bertz CT molecular complexity index is 482. The molecule has 0 bridgehead atoms. The van der Waals surface area contributed by atoms with Gasteiger partial charge in [0.25, 0.3) is 5.69 Å². The van der Waals surface area contributed by atoms with Crippen molar-refractivity contribution in [3.05, 3.63) is 33.9 Å². The Labute approximate surface area is 118 Å². The van der Waals surface area contributed by atoms with Crippen LogP contribution in [0, 0.1) is 16.0 Å². The first-order valence-corrected chi connectivity index (χ1v) is 7.18. The average molecular weight is 276 g/mol. The van der Waals surface area contributed by atoms with E-state index in [0.717, 1.165) is 18.9 Å². The number of anilines is 1. The van der Waals surface area contributed by atoms with Gasteiger partial charge in [-0.2, -0.15) is 0 Å². The first-order chi connectivity index (χ1) is 9.70. The van der Waals surface area contributed by atoms with E-state index in [1.807, 2.05) is 0 Å². The second kappa shape index (κ2) is 7.03. The number of hydrogen-bond acceptors (Lipinski definition) is 4. The number of carbonyl (C=O) groups excluding carboxylic acids is 1. The number of carbonyl (C=O) groups is 1. The maximum Gasteiger partial charge on any atom is 0.293 e. The third-order valence-electron chi connectivity index (χ3n) is 3.93. The molecule has 1 aliphatic carbocycles. The first kappa shape index (κ1) is 14.5. The van der Waals surface area contributed by atoms with Crippen LogP contribution in [-0.2, 0) is 0 Å². The van der Waals surface area contributed by atoms with Gasteiger partial charge in [-0.25, -0.2) is 0 Å². The van der Waals surface area contributed by atoms with Crippen molar-refractivity contribution in [2.45, 2.75) is 38.5 Å². The number of hydrogen-bond donors (Lipinski definition) is 1. The first-order valence-electron chi connectivity index (χ1n) is 7.18. The van der Waals surface area contributed by atoms with E-state index in [4.69, 9.17) is 0 Å². The molecule has 0 unspecified atom stereocenters. The van der Waals surface area contributed by atoms with Crippen LogP contribution in [0.15, 0.2) is 18.2 Å². The highest BCUT2D eigenvalue weighted by Gasteiger charge is 2.16. The van der Waals surface area contributed by atoms with E-state index in [2.05, 4.69) is 5.32 Å². The fraction of sp³-hybridized carbons (Fsp3) is 0.533. The minimum absolute atomic E-state index is 0.0320. The van der Waals surface area contributed by atoms with Gasteiger partial charge in [0, 0.05) is 18.2 Å². The average Bonchev–Trinajstić information content (AvgIpc) is 2.96. The fourth-order valence-corrected chi connectivity index (χ4v) is 2.84. The molecule has 1 fully saturated rings. The summed E-state index contributed by atoms with van der Waals surface area (Å²) in [7, 11) is 0. The molecule has 0 radical (unpaired) electrons. The lowest BCUT2D eigenvalue weighted by molar-refractivity contribution is -0.384. The molecule has 1 N–H and O–H groups in total. The number of nitrogens with one attached hydrogen (secondary N) is 1. The molecule has 0 heterocycles. The number of rotatable bonds is 7. The molecule has 5 nitrogen and oxygen atoms in total. The van der Waals surface area contributed by atoms with E-state index < -0.39 is 4.92 Å². The third-order valence-corrected chi connectivity index (χ3v) is 3.93. The second-order valence-electron chi connectivity index (χ2n) is 5.37. The Hall–Kier alpha value is -1.91. The van der Waals surface area contributed by atoms with E-state index in [9.17, 15) is 14.9 Å². The molecule has 108 valence electrons. The van der Waals surface area contributed by atoms with E-state index in [1.165, 1.54) is 38.2 Å². The van der Waals surface area contributed by atoms with Crippen LogP contribution >= 0.6 is 0 Å². The molecule has 0 saturated heterocycles. The van der Waals surface area contributed by atoms with Gasteiger partial charge in [0.1, 0.15) is 12.0 Å². The van der Waals surface area contributed by atoms with E-state index in [0.29, 0.717) is 17.5 Å². The lowest BCUT2D eigenvalue weighted by Gasteiger charge is -2.10. The van der Waals surface area contributed by atoms with Crippen molar-refractivity contribution in [3.63, 3.8) is 0 Å². The van der Waals surface area contributed by atoms with E-state index in [1.54, 1.807) is 12.1 Å². The van der Waals surface area contributed by atoms with Crippen molar-refractivity contribution in [1.82, 2.24) is 0 Å². The Morgan fingerprint density at radius 2 is 2.10 bits per heavy atom. The minimum atomic E-state index is -0.452. The van der Waals surface area contributed by atoms with Crippen molar-refractivity contribution in [2.75, 3.05) is 11.9 Å². The lowest BCUT2D eigenvalue weighted by atomic mass is 10.0. The number of aldehydes is 1. The molecule has 1 aliphatic rings. The Morgan fingerprint density at radius 1 is 1.35 bits per heavy atom. The second-order valence-corrected chi connectivity index (χ2v) is 5.37. The van der Waals surface area contributed by atoms with Gasteiger partial charge < -0.3 is 5.32 Å². The van der Waals surface area contributed by atoms with Crippen molar-refractivity contribution in [2.24, 2.45) is 5.92 Å². The zero-order valence-corrected chi connectivity index (χ0v) is 11.5. The topological polar surface area (TPSA) is 72.2 Å². The zero-order valence-electron chi connectivity index (χ0n) is 11.5. The monoisotopic (exact) mass is 276 g/mol. The SMILES string of the molecule is O=Cc1ccc(NCCCC2CCCC2)c([N+](=O)[O-])c1. The van der Waals surface area contributed by atoms with Gasteiger partial charge in [0.05, 0.1) is 4.92 Å². The maximum atomic E-state index is 11.0. The summed E-state index contributed by atoms with van der Waals surface area (Å²) in [6.45, 7) is 0.734. The van der Waals surface area contributed by atoms with Crippen LogP contribution in [0.3, 0.4) is 0 Å².